The number of hydrogen-bond acceptors (Lipinski definition) is 2. The summed E-state index contributed by atoms with van der Waals surface area (Å²) in [5.41, 5.74) is 2.21. The van der Waals surface area contributed by atoms with Crippen LogP contribution < -0.4 is 5.32 Å². The summed E-state index contributed by atoms with van der Waals surface area (Å²) in [6.07, 6.45) is 5.62. The van der Waals surface area contributed by atoms with Crippen molar-refractivity contribution in [1.29, 1.82) is 0 Å². The third-order valence-electron chi connectivity index (χ3n) is 7.48. The van der Waals surface area contributed by atoms with Gasteiger partial charge in [-0.1, -0.05) is 6.92 Å². The molecule has 0 radical (unpaired) electrons. The molecule has 5 rings (SSSR count). The summed E-state index contributed by atoms with van der Waals surface area (Å²) in [6.45, 7) is 2.13. The molecule has 0 bridgehead atoms. The van der Waals surface area contributed by atoms with Gasteiger partial charge in [0, 0.05) is 21.1 Å². The van der Waals surface area contributed by atoms with Gasteiger partial charge in [-0.05, 0) is 114 Å². The highest BCUT2D eigenvalue weighted by molar-refractivity contribution is 14.1. The van der Waals surface area contributed by atoms with E-state index in [0.29, 0.717) is 5.92 Å². The summed E-state index contributed by atoms with van der Waals surface area (Å²) in [7, 11) is 0. The Hall–Kier alpha value is -2.09. The minimum atomic E-state index is -0.400. The molecule has 1 amide bonds. The van der Waals surface area contributed by atoms with E-state index in [2.05, 4.69) is 39.8 Å². The first-order valence-electron chi connectivity index (χ1n) is 10.7. The van der Waals surface area contributed by atoms with Crippen LogP contribution in [-0.4, -0.2) is 10.9 Å². The number of carbonyl (C=O) groups is 1. The first kappa shape index (κ1) is 20.8. The van der Waals surface area contributed by atoms with Crippen molar-refractivity contribution in [3.63, 3.8) is 0 Å². The van der Waals surface area contributed by atoms with Crippen LogP contribution in [0.5, 0.6) is 0 Å². The second kappa shape index (κ2) is 7.80. The zero-order valence-corrected chi connectivity index (χ0v) is 19.3. The number of halogens is 3. The molecule has 31 heavy (non-hydrogen) atoms. The third-order valence-corrected chi connectivity index (χ3v) is 8.15. The molecule has 1 spiro atoms. The molecule has 2 aliphatic carbocycles. The molecule has 1 N–H and O–H groups in total. The van der Waals surface area contributed by atoms with Gasteiger partial charge in [0.25, 0.3) is 0 Å². The average Bonchev–Trinajstić information content (AvgIpc) is 3.32. The highest BCUT2D eigenvalue weighted by atomic mass is 127. The van der Waals surface area contributed by atoms with Crippen molar-refractivity contribution in [3.8, 4) is 0 Å². The SMILES string of the molecule is CC1[C@H](C(=O)Nc2ccc(I)cc2F)C12CCC(c1ccnc3ccc(F)cc13)CC2. The van der Waals surface area contributed by atoms with Gasteiger partial charge in [0.2, 0.25) is 5.91 Å². The van der Waals surface area contributed by atoms with Gasteiger partial charge in [0.1, 0.15) is 11.6 Å². The highest BCUT2D eigenvalue weighted by Gasteiger charge is 2.65. The maximum Gasteiger partial charge on any atom is 0.228 e. The molecule has 0 aliphatic heterocycles. The summed E-state index contributed by atoms with van der Waals surface area (Å²) in [6, 6.07) is 11.6. The molecule has 0 saturated heterocycles. The van der Waals surface area contributed by atoms with E-state index in [0.717, 1.165) is 45.7 Å². The van der Waals surface area contributed by atoms with Crippen molar-refractivity contribution in [3.05, 3.63) is 69.4 Å². The molecular formula is C25H23F2IN2O. The van der Waals surface area contributed by atoms with E-state index in [1.165, 1.54) is 12.1 Å². The van der Waals surface area contributed by atoms with E-state index >= 15 is 0 Å². The number of benzene rings is 2. The smallest absolute Gasteiger partial charge is 0.228 e. The second-order valence-electron chi connectivity index (χ2n) is 8.95. The minimum absolute atomic E-state index is 0.00561. The molecule has 1 unspecified atom stereocenters. The van der Waals surface area contributed by atoms with E-state index < -0.39 is 5.82 Å². The zero-order valence-electron chi connectivity index (χ0n) is 17.2. The van der Waals surface area contributed by atoms with Crippen LogP contribution in [-0.2, 0) is 4.79 Å². The Bertz CT molecular complexity index is 1170. The molecule has 2 fully saturated rings. The van der Waals surface area contributed by atoms with Gasteiger partial charge >= 0.3 is 0 Å². The van der Waals surface area contributed by atoms with Crippen molar-refractivity contribution >= 4 is 45.1 Å². The van der Waals surface area contributed by atoms with Crippen molar-refractivity contribution in [2.75, 3.05) is 5.32 Å². The predicted octanol–water partition coefficient (Wildman–Crippen LogP) is 6.67. The topological polar surface area (TPSA) is 42.0 Å². The molecule has 1 heterocycles. The summed E-state index contributed by atoms with van der Waals surface area (Å²) in [5, 5.41) is 3.69. The monoisotopic (exact) mass is 532 g/mol. The van der Waals surface area contributed by atoms with Gasteiger partial charge in [0.15, 0.2) is 0 Å². The Morgan fingerprint density at radius 2 is 1.90 bits per heavy atom. The van der Waals surface area contributed by atoms with E-state index in [-0.39, 0.29) is 34.7 Å². The van der Waals surface area contributed by atoms with Crippen LogP contribution in [0.4, 0.5) is 14.5 Å². The normalized spacial score (nSPS) is 27.4. The van der Waals surface area contributed by atoms with Gasteiger partial charge < -0.3 is 5.32 Å². The van der Waals surface area contributed by atoms with E-state index in [9.17, 15) is 13.6 Å². The third kappa shape index (κ3) is 3.62. The first-order valence-corrected chi connectivity index (χ1v) is 11.8. The highest BCUT2D eigenvalue weighted by Crippen LogP contribution is 2.67. The minimum Gasteiger partial charge on any atom is -0.323 e. The number of carbonyl (C=O) groups excluding carboxylic acids is 1. The maximum absolute atomic E-state index is 14.2. The molecule has 2 saturated carbocycles. The van der Waals surface area contributed by atoms with Crippen LogP contribution in [0.15, 0.2) is 48.7 Å². The molecule has 2 aromatic carbocycles. The fraction of sp³-hybridized carbons (Fsp3) is 0.360. The lowest BCUT2D eigenvalue weighted by Gasteiger charge is -2.31. The van der Waals surface area contributed by atoms with Crippen molar-refractivity contribution < 1.29 is 13.6 Å². The summed E-state index contributed by atoms with van der Waals surface area (Å²) >= 11 is 2.05. The van der Waals surface area contributed by atoms with E-state index in [4.69, 9.17) is 0 Å². The van der Waals surface area contributed by atoms with Crippen LogP contribution in [0.25, 0.3) is 10.9 Å². The first-order chi connectivity index (χ1) is 14.9. The largest absolute Gasteiger partial charge is 0.323 e. The number of aromatic nitrogens is 1. The molecule has 6 heteroatoms. The van der Waals surface area contributed by atoms with E-state index in [1.807, 2.05) is 6.07 Å². The zero-order chi connectivity index (χ0) is 21.8. The Balaban J connectivity index is 1.30. The van der Waals surface area contributed by atoms with Crippen LogP contribution in [0.2, 0.25) is 0 Å². The number of hydrogen-bond donors (Lipinski definition) is 1. The van der Waals surface area contributed by atoms with Crippen LogP contribution in [0.3, 0.4) is 0 Å². The lowest BCUT2D eigenvalue weighted by Crippen LogP contribution is -2.23. The quantitative estimate of drug-likeness (QED) is 0.383. The number of fused-ring (bicyclic) bond motifs is 1. The number of amides is 1. The lowest BCUT2D eigenvalue weighted by molar-refractivity contribution is -0.118. The van der Waals surface area contributed by atoms with Crippen LogP contribution in [0, 0.1) is 32.5 Å². The molecule has 3 nitrogen and oxygen atoms in total. The van der Waals surface area contributed by atoms with E-state index in [1.54, 1.807) is 30.5 Å². The molecule has 160 valence electrons. The number of nitrogens with zero attached hydrogens (tertiary/aromatic N) is 1. The second-order valence-corrected chi connectivity index (χ2v) is 10.2. The Labute approximate surface area is 193 Å². The summed E-state index contributed by atoms with van der Waals surface area (Å²) in [4.78, 5) is 17.3. The van der Waals surface area contributed by atoms with Gasteiger partial charge in [-0.3, -0.25) is 9.78 Å². The van der Waals surface area contributed by atoms with Crippen molar-refractivity contribution in [2.45, 2.75) is 38.5 Å². The summed E-state index contributed by atoms with van der Waals surface area (Å²) < 4.78 is 28.8. The van der Waals surface area contributed by atoms with Gasteiger partial charge in [-0.25, -0.2) is 8.78 Å². The Morgan fingerprint density at radius 3 is 2.65 bits per heavy atom. The summed E-state index contributed by atoms with van der Waals surface area (Å²) in [5.74, 6) is -0.191. The van der Waals surface area contributed by atoms with Crippen LogP contribution in [0.1, 0.15) is 44.1 Å². The Morgan fingerprint density at radius 1 is 1.13 bits per heavy atom. The van der Waals surface area contributed by atoms with Gasteiger partial charge in [-0.15, -0.1) is 0 Å². The van der Waals surface area contributed by atoms with Crippen molar-refractivity contribution in [2.24, 2.45) is 17.3 Å². The molecule has 2 aliphatic rings. The number of rotatable bonds is 3. The predicted molar refractivity (Wildman–Crippen MR) is 126 cm³/mol. The van der Waals surface area contributed by atoms with Gasteiger partial charge in [-0.2, -0.15) is 0 Å². The maximum atomic E-state index is 14.2. The fourth-order valence-corrected chi connectivity index (χ4v) is 6.17. The van der Waals surface area contributed by atoms with Crippen molar-refractivity contribution in [1.82, 2.24) is 4.98 Å². The molecule has 1 aromatic heterocycles. The average molecular weight is 532 g/mol. The molecular weight excluding hydrogens is 509 g/mol. The lowest BCUT2D eigenvalue weighted by atomic mass is 9.74. The number of nitrogens with one attached hydrogen (secondary N) is 1. The standard InChI is InChI=1S/C25H23F2IN2O/c1-14-23(24(31)30-22-5-3-17(28)13-20(22)27)25(14)9-6-15(7-10-25)18-8-11-29-21-4-2-16(26)12-19(18)21/h2-5,8,11-15,23H,6-7,9-10H2,1H3,(H,30,31)/t14?,15?,23-,25?/m1/s1. The van der Waals surface area contributed by atoms with Crippen LogP contribution >= 0.6 is 22.6 Å². The molecule has 2 atom stereocenters. The number of pyridine rings is 1. The Kier molecular flexibility index (Phi) is 5.23. The fourth-order valence-electron chi connectivity index (χ4n) is 5.72. The molecule has 3 aromatic rings. The van der Waals surface area contributed by atoms with Gasteiger partial charge in [0.05, 0.1) is 11.2 Å². The number of anilines is 1.